The lowest BCUT2D eigenvalue weighted by Gasteiger charge is -2.11. The summed E-state index contributed by atoms with van der Waals surface area (Å²) in [6.45, 7) is 3.27. The molecule has 0 amide bonds. The van der Waals surface area contributed by atoms with Crippen LogP contribution >= 0.6 is 15.9 Å². The van der Waals surface area contributed by atoms with Gasteiger partial charge in [-0.15, -0.1) is 0 Å². The molecule has 1 unspecified atom stereocenters. The summed E-state index contributed by atoms with van der Waals surface area (Å²) in [6.07, 6.45) is 1.07. The Kier molecular flexibility index (Phi) is 4.19. The molecule has 0 aromatic heterocycles. The van der Waals surface area contributed by atoms with Gasteiger partial charge < -0.3 is 9.47 Å². The number of carbonyl (C=O) groups is 1. The minimum atomic E-state index is -0.796. The largest absolute Gasteiger partial charge is 0.445 e. The highest BCUT2D eigenvalue weighted by Gasteiger charge is 2.08. The Bertz CT molecular complexity index is 310. The van der Waals surface area contributed by atoms with E-state index in [1.165, 1.54) is 0 Å². The molecule has 14 heavy (non-hydrogen) atoms. The van der Waals surface area contributed by atoms with Crippen LogP contribution in [0.2, 0.25) is 0 Å². The van der Waals surface area contributed by atoms with Crippen LogP contribution in [0.1, 0.15) is 0 Å². The van der Waals surface area contributed by atoms with Crippen molar-refractivity contribution in [2.24, 2.45) is 0 Å². The lowest BCUT2D eigenvalue weighted by Crippen LogP contribution is -2.16. The van der Waals surface area contributed by atoms with E-state index in [1.54, 1.807) is 12.1 Å². The van der Waals surface area contributed by atoms with E-state index in [-0.39, 0.29) is 0 Å². The van der Waals surface area contributed by atoms with Gasteiger partial charge in [-0.1, -0.05) is 24.8 Å². The maximum atomic E-state index is 10.8. The number of rotatable bonds is 4. The maximum Gasteiger partial charge on any atom is 0.333 e. The van der Waals surface area contributed by atoms with Gasteiger partial charge in [0.2, 0.25) is 0 Å². The Morgan fingerprint density at radius 1 is 1.43 bits per heavy atom. The number of carbonyl (C=O) groups excluding carboxylic acids is 1. The molecule has 0 saturated heterocycles. The van der Waals surface area contributed by atoms with Gasteiger partial charge >= 0.3 is 11.2 Å². The number of alkyl halides is 1. The first-order valence-corrected chi connectivity index (χ1v) is 4.83. The van der Waals surface area contributed by atoms with E-state index in [1.807, 2.05) is 18.2 Å². The summed E-state index contributed by atoms with van der Waals surface area (Å²) in [5.74, 6) is 0.0778. The van der Waals surface area contributed by atoms with Crippen LogP contribution in [0.3, 0.4) is 0 Å². The average Bonchev–Trinajstić information content (AvgIpc) is 2.19. The molecular weight excluding hydrogens is 248 g/mol. The molecule has 0 aliphatic rings. The third kappa shape index (κ3) is 3.62. The van der Waals surface area contributed by atoms with Crippen molar-refractivity contribution >= 4 is 21.9 Å². The van der Waals surface area contributed by atoms with Crippen molar-refractivity contribution in [1.82, 2.24) is 0 Å². The summed E-state index contributed by atoms with van der Waals surface area (Å²) >= 11 is 3.04. The zero-order valence-electron chi connectivity index (χ0n) is 7.35. The van der Waals surface area contributed by atoms with Crippen LogP contribution in [0.15, 0.2) is 43.0 Å². The van der Waals surface area contributed by atoms with Crippen LogP contribution < -0.4 is 4.74 Å². The number of ether oxygens (including phenoxy) is 2. The van der Waals surface area contributed by atoms with Gasteiger partial charge in [0.1, 0.15) is 5.75 Å². The van der Waals surface area contributed by atoms with E-state index >= 15 is 0 Å². The highest BCUT2D eigenvalue weighted by Crippen LogP contribution is 2.14. The first-order chi connectivity index (χ1) is 6.72. The fourth-order valence-corrected chi connectivity index (χ4v) is 1.17. The molecule has 0 N–H and O–H groups in total. The summed E-state index contributed by atoms with van der Waals surface area (Å²) in [5, 5.41) is -0.796. The summed E-state index contributed by atoms with van der Waals surface area (Å²) in [4.78, 5) is 10.8. The third-order valence-corrected chi connectivity index (χ3v) is 1.72. The van der Waals surface area contributed by atoms with Crippen molar-refractivity contribution in [2.45, 2.75) is 5.20 Å². The lowest BCUT2D eigenvalue weighted by molar-refractivity contribution is -0.146. The normalized spacial score (nSPS) is 11.5. The van der Waals surface area contributed by atoms with Crippen molar-refractivity contribution in [1.29, 1.82) is 0 Å². The predicted octanol–water partition coefficient (Wildman–Crippen LogP) is 2.47. The number of hydrogen-bond donors (Lipinski definition) is 0. The lowest BCUT2D eigenvalue weighted by atomic mass is 10.3. The molecule has 0 saturated carbocycles. The van der Waals surface area contributed by atoms with Crippen LogP contribution in [0.4, 0.5) is 0 Å². The molecule has 3 nitrogen and oxygen atoms in total. The number of benzene rings is 1. The Hall–Kier alpha value is -1.29. The first kappa shape index (κ1) is 10.8. The molecule has 1 aromatic rings. The molecule has 1 atom stereocenters. The minimum Gasteiger partial charge on any atom is -0.445 e. The zero-order valence-corrected chi connectivity index (χ0v) is 8.94. The van der Waals surface area contributed by atoms with Gasteiger partial charge in [0.05, 0.1) is 0 Å². The van der Waals surface area contributed by atoms with Crippen molar-refractivity contribution in [3.05, 3.63) is 43.0 Å². The van der Waals surface area contributed by atoms with E-state index in [9.17, 15) is 4.79 Å². The molecule has 1 aromatic carbocycles. The molecule has 0 spiro atoms. The SMILES string of the molecule is C=CC(=O)OC(Br)Oc1ccccc1. The molecule has 0 aliphatic carbocycles. The summed E-state index contributed by atoms with van der Waals surface area (Å²) in [6, 6.07) is 9.03. The Morgan fingerprint density at radius 2 is 2.07 bits per heavy atom. The minimum absolute atomic E-state index is 0.539. The number of halogens is 1. The number of para-hydroxylation sites is 1. The van der Waals surface area contributed by atoms with Crippen LogP contribution in [-0.4, -0.2) is 11.2 Å². The molecule has 0 aliphatic heterocycles. The van der Waals surface area contributed by atoms with Gasteiger partial charge in [-0.25, -0.2) is 4.79 Å². The van der Waals surface area contributed by atoms with Crippen molar-refractivity contribution < 1.29 is 14.3 Å². The third-order valence-electron chi connectivity index (χ3n) is 1.35. The van der Waals surface area contributed by atoms with Crippen LogP contribution in [0.5, 0.6) is 5.75 Å². The van der Waals surface area contributed by atoms with Crippen LogP contribution in [0.25, 0.3) is 0 Å². The molecule has 0 heterocycles. The summed E-state index contributed by atoms with van der Waals surface area (Å²) in [7, 11) is 0. The predicted molar refractivity (Wildman–Crippen MR) is 56.1 cm³/mol. The molecule has 1 rings (SSSR count). The van der Waals surface area contributed by atoms with Crippen molar-refractivity contribution in [3.8, 4) is 5.75 Å². The number of esters is 1. The van der Waals surface area contributed by atoms with E-state index in [0.717, 1.165) is 6.08 Å². The average molecular weight is 257 g/mol. The smallest absolute Gasteiger partial charge is 0.333 e. The zero-order chi connectivity index (χ0) is 10.4. The van der Waals surface area contributed by atoms with Crippen LogP contribution in [0, 0.1) is 0 Å². The fraction of sp³-hybridized carbons (Fsp3) is 0.100. The van der Waals surface area contributed by atoms with Gasteiger partial charge in [0, 0.05) is 22.0 Å². The van der Waals surface area contributed by atoms with Crippen molar-refractivity contribution in [2.75, 3.05) is 0 Å². The Labute approximate surface area is 90.5 Å². The van der Waals surface area contributed by atoms with Gasteiger partial charge in [-0.3, -0.25) is 0 Å². The maximum absolute atomic E-state index is 10.8. The van der Waals surface area contributed by atoms with Crippen molar-refractivity contribution in [3.63, 3.8) is 0 Å². The van der Waals surface area contributed by atoms with Gasteiger partial charge in [0.25, 0.3) is 0 Å². The van der Waals surface area contributed by atoms with Gasteiger partial charge in [0.15, 0.2) is 0 Å². The summed E-state index contributed by atoms with van der Waals surface area (Å²) < 4.78 is 9.95. The Balaban J connectivity index is 2.45. The highest BCUT2D eigenvalue weighted by atomic mass is 79.9. The quantitative estimate of drug-likeness (QED) is 0.360. The standard InChI is InChI=1S/C10H9BrO3/c1-2-9(12)14-10(11)13-8-6-4-3-5-7-8/h2-7,10H,1H2. The molecule has 0 radical (unpaired) electrons. The Morgan fingerprint density at radius 3 is 2.64 bits per heavy atom. The fourth-order valence-electron chi connectivity index (χ4n) is 0.770. The molecule has 74 valence electrons. The van der Waals surface area contributed by atoms with Gasteiger partial charge in [-0.2, -0.15) is 0 Å². The number of hydrogen-bond acceptors (Lipinski definition) is 3. The second-order valence-corrected chi connectivity index (χ2v) is 3.09. The highest BCUT2D eigenvalue weighted by molar-refractivity contribution is 9.09. The monoisotopic (exact) mass is 256 g/mol. The van der Waals surface area contributed by atoms with Gasteiger partial charge in [-0.05, 0) is 12.1 Å². The van der Waals surface area contributed by atoms with E-state index in [4.69, 9.17) is 9.47 Å². The molecule has 0 fully saturated rings. The molecule has 0 bridgehead atoms. The van der Waals surface area contributed by atoms with E-state index in [2.05, 4.69) is 22.5 Å². The van der Waals surface area contributed by atoms with E-state index < -0.39 is 11.2 Å². The van der Waals surface area contributed by atoms with Crippen LogP contribution in [-0.2, 0) is 9.53 Å². The topological polar surface area (TPSA) is 35.5 Å². The first-order valence-electron chi connectivity index (χ1n) is 3.91. The molecule has 4 heteroatoms. The molecular formula is C10H9BrO3. The van der Waals surface area contributed by atoms with E-state index in [0.29, 0.717) is 5.75 Å². The summed E-state index contributed by atoms with van der Waals surface area (Å²) in [5.41, 5.74) is 0. The second-order valence-electron chi connectivity index (χ2n) is 2.35. The second kappa shape index (κ2) is 5.44.